The zero-order valence-electron chi connectivity index (χ0n) is 19.2. The van der Waals surface area contributed by atoms with Crippen molar-refractivity contribution in [1.82, 2.24) is 20.9 Å². The van der Waals surface area contributed by atoms with Gasteiger partial charge in [-0.1, -0.05) is 18.2 Å². The Morgan fingerprint density at radius 1 is 1.06 bits per heavy atom. The van der Waals surface area contributed by atoms with Crippen molar-refractivity contribution in [2.45, 2.75) is 37.0 Å². The molecule has 192 valence electrons. The fourth-order valence-electron chi connectivity index (χ4n) is 3.34. The molecule has 2 aromatic rings. The van der Waals surface area contributed by atoms with Crippen molar-refractivity contribution in [1.29, 1.82) is 0 Å². The number of aliphatic carboxylic acids is 1. The maximum atomic E-state index is 12.8. The van der Waals surface area contributed by atoms with Crippen LogP contribution in [0.3, 0.4) is 0 Å². The summed E-state index contributed by atoms with van der Waals surface area (Å²) in [5.74, 6) is -2.93. The van der Waals surface area contributed by atoms with E-state index < -0.39 is 54.5 Å². The van der Waals surface area contributed by atoms with Crippen molar-refractivity contribution in [3.05, 3.63) is 36.0 Å². The SMILES string of the molecule is CSCCC(NC(=O)C(CS)NC(=O)C(N)Cc1c[nH]c2ccccc12)C(=O)NC(CO)C(=O)O. The van der Waals surface area contributed by atoms with E-state index in [2.05, 4.69) is 33.6 Å². The second kappa shape index (κ2) is 14.0. The quantitative estimate of drug-likeness (QED) is 0.148. The zero-order valence-corrected chi connectivity index (χ0v) is 20.9. The van der Waals surface area contributed by atoms with Crippen molar-refractivity contribution >= 4 is 59.0 Å². The van der Waals surface area contributed by atoms with Crippen LogP contribution < -0.4 is 21.7 Å². The number of carboxylic acids is 1. The summed E-state index contributed by atoms with van der Waals surface area (Å²) in [7, 11) is 0. The Hall–Kier alpha value is -2.74. The highest BCUT2D eigenvalue weighted by Crippen LogP contribution is 2.18. The molecule has 4 unspecified atom stereocenters. The molecule has 0 aliphatic carbocycles. The standard InChI is InChI=1S/C22H31N5O6S2/c1-35-7-6-16(20(30)26-17(10-28)22(32)33)25-21(31)18(11-34)27-19(29)14(23)8-12-9-24-15-5-3-2-4-13(12)15/h2-5,9,14,16-18,24,28,34H,6-8,10-11,23H2,1H3,(H,25,31)(H,26,30)(H,27,29)(H,32,33). The van der Waals surface area contributed by atoms with Gasteiger partial charge in [-0.05, 0) is 36.5 Å². The number of carboxylic acid groups (broad SMARTS) is 1. The second-order valence-corrected chi connectivity index (χ2v) is 9.19. The first-order valence-electron chi connectivity index (χ1n) is 10.9. The van der Waals surface area contributed by atoms with Crippen LogP contribution >= 0.6 is 24.4 Å². The summed E-state index contributed by atoms with van der Waals surface area (Å²) in [5, 5.41) is 26.4. The van der Waals surface area contributed by atoms with Gasteiger partial charge in [0.2, 0.25) is 17.7 Å². The zero-order chi connectivity index (χ0) is 26.0. The predicted molar refractivity (Wildman–Crippen MR) is 137 cm³/mol. The molecular formula is C22H31N5O6S2. The maximum absolute atomic E-state index is 12.8. The third kappa shape index (κ3) is 8.16. The van der Waals surface area contributed by atoms with Gasteiger partial charge in [0.15, 0.2) is 0 Å². The molecule has 35 heavy (non-hydrogen) atoms. The highest BCUT2D eigenvalue weighted by atomic mass is 32.2. The molecule has 0 spiro atoms. The molecule has 0 fully saturated rings. The number of hydrogen-bond donors (Lipinski definition) is 8. The first kappa shape index (κ1) is 28.5. The number of H-pyrrole nitrogens is 1. The van der Waals surface area contributed by atoms with Gasteiger partial charge in [0.25, 0.3) is 0 Å². The minimum absolute atomic E-state index is 0.0529. The molecule has 1 aromatic carbocycles. The van der Waals surface area contributed by atoms with E-state index in [0.717, 1.165) is 16.5 Å². The molecule has 8 N–H and O–H groups in total. The van der Waals surface area contributed by atoms with Crippen LogP contribution in [0.5, 0.6) is 0 Å². The Kier molecular flexibility index (Phi) is 11.4. The normalized spacial score (nSPS) is 14.5. The lowest BCUT2D eigenvalue weighted by atomic mass is 10.0. The number of para-hydroxylation sites is 1. The van der Waals surface area contributed by atoms with Crippen molar-refractivity contribution in [2.24, 2.45) is 5.73 Å². The average Bonchev–Trinajstić information content (AvgIpc) is 3.25. The first-order chi connectivity index (χ1) is 16.7. The van der Waals surface area contributed by atoms with Crippen LogP contribution in [0.1, 0.15) is 12.0 Å². The minimum Gasteiger partial charge on any atom is -0.480 e. The van der Waals surface area contributed by atoms with Gasteiger partial charge < -0.3 is 36.9 Å². The summed E-state index contributed by atoms with van der Waals surface area (Å²) in [6.45, 7) is -0.798. The number of fused-ring (bicyclic) bond motifs is 1. The van der Waals surface area contributed by atoms with Crippen molar-refractivity contribution < 1.29 is 29.4 Å². The Labute approximate surface area is 212 Å². The van der Waals surface area contributed by atoms with E-state index >= 15 is 0 Å². The largest absolute Gasteiger partial charge is 0.480 e. The number of nitrogens with one attached hydrogen (secondary N) is 4. The summed E-state index contributed by atoms with van der Waals surface area (Å²) in [4.78, 5) is 52.3. The van der Waals surface area contributed by atoms with Crippen LogP contribution in [0.4, 0.5) is 0 Å². The lowest BCUT2D eigenvalue weighted by Crippen LogP contribution is -2.58. The molecule has 0 radical (unpaired) electrons. The van der Waals surface area contributed by atoms with Crippen LogP contribution in [0, 0.1) is 0 Å². The van der Waals surface area contributed by atoms with Crippen LogP contribution in [-0.4, -0.2) is 87.4 Å². The number of aliphatic hydroxyl groups is 1. The Balaban J connectivity index is 2.01. The Bertz CT molecular complexity index is 1030. The minimum atomic E-state index is -1.50. The van der Waals surface area contributed by atoms with E-state index in [0.29, 0.717) is 5.75 Å². The van der Waals surface area contributed by atoms with Gasteiger partial charge in [-0.2, -0.15) is 24.4 Å². The summed E-state index contributed by atoms with van der Waals surface area (Å²) < 4.78 is 0. The molecule has 11 nitrogen and oxygen atoms in total. The number of thiol groups is 1. The smallest absolute Gasteiger partial charge is 0.328 e. The molecule has 0 aliphatic heterocycles. The van der Waals surface area contributed by atoms with Gasteiger partial charge in [0, 0.05) is 22.9 Å². The molecule has 0 bridgehead atoms. The second-order valence-electron chi connectivity index (χ2n) is 7.84. The molecule has 1 heterocycles. The summed E-state index contributed by atoms with van der Waals surface area (Å²) in [5.41, 5.74) is 7.87. The Morgan fingerprint density at radius 2 is 1.69 bits per heavy atom. The third-order valence-corrected chi connectivity index (χ3v) is 6.32. The van der Waals surface area contributed by atoms with Gasteiger partial charge >= 0.3 is 5.97 Å². The average molecular weight is 526 g/mol. The molecule has 4 atom stereocenters. The molecule has 13 heteroatoms. The third-order valence-electron chi connectivity index (χ3n) is 5.31. The number of aromatic amines is 1. The van der Waals surface area contributed by atoms with Crippen molar-refractivity contribution in [3.8, 4) is 0 Å². The number of aliphatic hydroxyl groups excluding tert-OH is 1. The van der Waals surface area contributed by atoms with Gasteiger partial charge in [-0.3, -0.25) is 14.4 Å². The number of carbonyl (C=O) groups excluding carboxylic acids is 3. The van der Waals surface area contributed by atoms with E-state index in [1.54, 1.807) is 6.20 Å². The van der Waals surface area contributed by atoms with E-state index in [4.69, 9.17) is 15.9 Å². The topological polar surface area (TPSA) is 187 Å². The van der Waals surface area contributed by atoms with Gasteiger partial charge in [0.1, 0.15) is 18.1 Å². The highest BCUT2D eigenvalue weighted by Gasteiger charge is 2.29. The molecule has 0 aliphatic rings. The fourth-order valence-corrected chi connectivity index (χ4v) is 4.07. The first-order valence-corrected chi connectivity index (χ1v) is 12.9. The molecule has 1 aromatic heterocycles. The lowest BCUT2D eigenvalue weighted by Gasteiger charge is -2.24. The van der Waals surface area contributed by atoms with Crippen LogP contribution in [0.25, 0.3) is 10.9 Å². The molecular weight excluding hydrogens is 494 g/mol. The molecule has 0 saturated heterocycles. The van der Waals surface area contributed by atoms with Crippen molar-refractivity contribution in [3.63, 3.8) is 0 Å². The number of thioether (sulfide) groups is 1. The fraction of sp³-hybridized carbons (Fsp3) is 0.455. The summed E-state index contributed by atoms with van der Waals surface area (Å²) >= 11 is 5.58. The van der Waals surface area contributed by atoms with Crippen molar-refractivity contribution in [2.75, 3.05) is 24.4 Å². The monoisotopic (exact) mass is 525 g/mol. The lowest BCUT2D eigenvalue weighted by molar-refractivity contribution is -0.143. The molecule has 0 saturated carbocycles. The van der Waals surface area contributed by atoms with Gasteiger partial charge in [-0.25, -0.2) is 4.79 Å². The number of rotatable bonds is 14. The highest BCUT2D eigenvalue weighted by molar-refractivity contribution is 7.98. The van der Waals surface area contributed by atoms with Gasteiger partial charge in [-0.15, -0.1) is 0 Å². The number of amides is 3. The number of aromatic nitrogens is 1. The van der Waals surface area contributed by atoms with Crippen LogP contribution in [-0.2, 0) is 25.6 Å². The van der Waals surface area contributed by atoms with Crippen LogP contribution in [0.15, 0.2) is 30.5 Å². The van der Waals surface area contributed by atoms with Crippen LogP contribution in [0.2, 0.25) is 0 Å². The summed E-state index contributed by atoms with van der Waals surface area (Å²) in [6, 6.07) is 3.04. The van der Waals surface area contributed by atoms with E-state index in [1.165, 1.54) is 11.8 Å². The van der Waals surface area contributed by atoms with E-state index in [-0.39, 0.29) is 18.6 Å². The molecule has 2 rings (SSSR count). The number of hydrogen-bond acceptors (Lipinski definition) is 8. The maximum Gasteiger partial charge on any atom is 0.328 e. The van der Waals surface area contributed by atoms with E-state index in [9.17, 15) is 19.2 Å². The number of benzene rings is 1. The number of carbonyl (C=O) groups is 4. The summed E-state index contributed by atoms with van der Waals surface area (Å²) in [6.07, 6.45) is 4.06. The Morgan fingerprint density at radius 3 is 2.31 bits per heavy atom. The number of nitrogens with two attached hydrogens (primary N) is 1. The molecule has 3 amide bonds. The predicted octanol–water partition coefficient (Wildman–Crippen LogP) is -0.748. The van der Waals surface area contributed by atoms with E-state index in [1.807, 2.05) is 30.5 Å². The van der Waals surface area contributed by atoms with Gasteiger partial charge in [0.05, 0.1) is 12.6 Å².